The smallest absolute Gasteiger partial charge is 0.248 e. The Bertz CT molecular complexity index is 314. The minimum atomic E-state index is -0.490. The molecule has 0 atom stereocenters. The lowest BCUT2D eigenvalue weighted by Crippen LogP contribution is -2.12. The molecule has 0 saturated carbocycles. The first kappa shape index (κ1) is 13.3. The van der Waals surface area contributed by atoms with E-state index in [0.29, 0.717) is 17.1 Å². The quantitative estimate of drug-likeness (QED) is 0.426. The third-order valence-electron chi connectivity index (χ3n) is 1.80. The molecule has 4 heteroatoms. The Hall–Kier alpha value is -1.71. The summed E-state index contributed by atoms with van der Waals surface area (Å²) >= 11 is 0. The van der Waals surface area contributed by atoms with Crippen molar-refractivity contribution in [2.75, 3.05) is 14.2 Å². The Balaban J connectivity index is 4.96. The largest absolute Gasteiger partial charge is 0.501 e. The maximum Gasteiger partial charge on any atom is 0.248 e. The zero-order valence-corrected chi connectivity index (χ0v) is 9.53. The molecule has 0 bridgehead atoms. The number of carbonyl (C=O) groups is 1. The van der Waals surface area contributed by atoms with E-state index in [4.69, 9.17) is 15.2 Å². The van der Waals surface area contributed by atoms with E-state index in [9.17, 15) is 4.79 Å². The van der Waals surface area contributed by atoms with Gasteiger partial charge in [0.2, 0.25) is 5.91 Å². The van der Waals surface area contributed by atoms with Crippen molar-refractivity contribution in [1.29, 1.82) is 0 Å². The first-order valence-electron chi connectivity index (χ1n) is 4.49. The van der Waals surface area contributed by atoms with Crippen LogP contribution < -0.4 is 5.73 Å². The monoisotopic (exact) mass is 211 g/mol. The zero-order chi connectivity index (χ0) is 11.8. The zero-order valence-electron chi connectivity index (χ0n) is 9.53. The number of hydrogen-bond acceptors (Lipinski definition) is 3. The van der Waals surface area contributed by atoms with Crippen molar-refractivity contribution in [3.8, 4) is 0 Å². The van der Waals surface area contributed by atoms with Crippen LogP contribution >= 0.6 is 0 Å². The molecule has 0 aliphatic carbocycles. The average molecular weight is 211 g/mol. The van der Waals surface area contributed by atoms with E-state index in [0.717, 1.165) is 0 Å². The van der Waals surface area contributed by atoms with Gasteiger partial charge in [-0.05, 0) is 19.9 Å². The lowest BCUT2D eigenvalue weighted by atomic mass is 10.2. The van der Waals surface area contributed by atoms with Crippen molar-refractivity contribution in [1.82, 2.24) is 0 Å². The number of primary amides is 1. The van der Waals surface area contributed by atoms with Gasteiger partial charge in [0, 0.05) is 11.6 Å². The van der Waals surface area contributed by atoms with Gasteiger partial charge in [0.05, 0.1) is 20.0 Å². The molecule has 84 valence electrons. The minimum Gasteiger partial charge on any atom is -0.501 e. The first-order valence-corrected chi connectivity index (χ1v) is 4.49. The van der Waals surface area contributed by atoms with Crippen molar-refractivity contribution in [2.24, 2.45) is 5.73 Å². The lowest BCUT2D eigenvalue weighted by Gasteiger charge is -2.04. The van der Waals surface area contributed by atoms with Crippen LogP contribution in [0.4, 0.5) is 0 Å². The minimum absolute atomic E-state index is 0.395. The fourth-order valence-electron chi connectivity index (χ4n) is 0.869. The molecule has 1 amide bonds. The van der Waals surface area contributed by atoms with Gasteiger partial charge < -0.3 is 15.2 Å². The average Bonchev–Trinajstić information content (AvgIpc) is 2.22. The van der Waals surface area contributed by atoms with Gasteiger partial charge in [-0.3, -0.25) is 4.79 Å². The highest BCUT2D eigenvalue weighted by Gasteiger charge is 2.02. The van der Waals surface area contributed by atoms with Crippen LogP contribution in [0.3, 0.4) is 0 Å². The van der Waals surface area contributed by atoms with E-state index in [1.165, 1.54) is 7.11 Å². The summed E-state index contributed by atoms with van der Waals surface area (Å²) in [6.45, 7) is 3.52. The van der Waals surface area contributed by atoms with Crippen LogP contribution in [0.2, 0.25) is 0 Å². The fraction of sp³-hybridized carbons (Fsp3) is 0.364. The topological polar surface area (TPSA) is 61.6 Å². The molecule has 0 rings (SSSR count). The van der Waals surface area contributed by atoms with Crippen LogP contribution in [-0.4, -0.2) is 20.1 Å². The molecule has 0 radical (unpaired) electrons. The molecule has 4 nitrogen and oxygen atoms in total. The molecule has 0 spiro atoms. The Morgan fingerprint density at radius 1 is 1.20 bits per heavy atom. The third kappa shape index (κ3) is 4.90. The van der Waals surface area contributed by atoms with Crippen LogP contribution in [0.25, 0.3) is 0 Å². The normalized spacial score (nSPS) is 13.7. The van der Waals surface area contributed by atoms with Crippen LogP contribution in [0.5, 0.6) is 0 Å². The predicted octanol–water partition coefficient (Wildman–Crippen LogP) is 1.50. The second-order valence-electron chi connectivity index (χ2n) is 2.82. The van der Waals surface area contributed by atoms with Gasteiger partial charge >= 0.3 is 0 Å². The molecule has 15 heavy (non-hydrogen) atoms. The van der Waals surface area contributed by atoms with Gasteiger partial charge in [0.15, 0.2) is 0 Å². The summed E-state index contributed by atoms with van der Waals surface area (Å²) in [7, 11) is 3.07. The molecular weight excluding hydrogens is 194 g/mol. The number of ether oxygens (including phenoxy) is 2. The molecule has 0 aromatic heterocycles. The van der Waals surface area contributed by atoms with Gasteiger partial charge in [0.1, 0.15) is 5.76 Å². The van der Waals surface area contributed by atoms with E-state index in [2.05, 4.69) is 0 Å². The summed E-state index contributed by atoms with van der Waals surface area (Å²) in [5.74, 6) is 0.708. The number of hydrogen-bond donors (Lipinski definition) is 1. The van der Waals surface area contributed by atoms with E-state index >= 15 is 0 Å². The fourth-order valence-corrected chi connectivity index (χ4v) is 0.869. The van der Waals surface area contributed by atoms with Crippen molar-refractivity contribution >= 4 is 5.91 Å². The summed E-state index contributed by atoms with van der Waals surface area (Å²) < 4.78 is 10.0. The number of rotatable bonds is 5. The Morgan fingerprint density at radius 3 is 2.13 bits per heavy atom. The molecular formula is C11H17NO3. The molecule has 0 aliphatic heterocycles. The summed E-state index contributed by atoms with van der Waals surface area (Å²) in [4.78, 5) is 10.9. The van der Waals surface area contributed by atoms with Gasteiger partial charge in [0.25, 0.3) is 0 Å². The lowest BCUT2D eigenvalue weighted by molar-refractivity contribution is -0.114. The molecule has 2 N–H and O–H groups in total. The molecule has 0 unspecified atom stereocenters. The van der Waals surface area contributed by atoms with Crippen LogP contribution in [-0.2, 0) is 14.3 Å². The van der Waals surface area contributed by atoms with Crippen molar-refractivity contribution in [2.45, 2.75) is 13.8 Å². The van der Waals surface area contributed by atoms with Crippen molar-refractivity contribution in [3.63, 3.8) is 0 Å². The second-order valence-corrected chi connectivity index (χ2v) is 2.82. The van der Waals surface area contributed by atoms with Gasteiger partial charge in [-0.2, -0.15) is 0 Å². The Labute approximate surface area is 90.0 Å². The maximum absolute atomic E-state index is 10.9. The number of methoxy groups -OCH3 is 2. The third-order valence-corrected chi connectivity index (χ3v) is 1.80. The highest BCUT2D eigenvalue weighted by Crippen LogP contribution is 2.08. The molecule has 0 aliphatic rings. The number of carbonyl (C=O) groups excluding carboxylic acids is 1. The molecule has 0 saturated heterocycles. The van der Waals surface area contributed by atoms with Crippen LogP contribution in [0, 0.1) is 0 Å². The first-order chi connectivity index (χ1) is 7.04. The standard InChI is InChI=1S/C11H17NO3/c1-5-9(11(12)13)7-10(15-4)6-8(2)14-3/h5-7H,1-4H3,(H2,12,13)/b8-6+,9-5+,10-7+. The summed E-state index contributed by atoms with van der Waals surface area (Å²) in [5, 5.41) is 0. The van der Waals surface area contributed by atoms with E-state index in [1.54, 1.807) is 39.2 Å². The van der Waals surface area contributed by atoms with E-state index in [-0.39, 0.29) is 0 Å². The number of nitrogens with two attached hydrogens (primary N) is 1. The van der Waals surface area contributed by atoms with Crippen molar-refractivity contribution < 1.29 is 14.3 Å². The second kappa shape index (κ2) is 6.70. The molecule has 0 aromatic rings. The van der Waals surface area contributed by atoms with Crippen molar-refractivity contribution in [3.05, 3.63) is 35.3 Å². The van der Waals surface area contributed by atoms with Gasteiger partial charge in [-0.1, -0.05) is 6.08 Å². The molecule has 0 heterocycles. The van der Waals surface area contributed by atoms with E-state index in [1.807, 2.05) is 0 Å². The van der Waals surface area contributed by atoms with Gasteiger partial charge in [-0.15, -0.1) is 0 Å². The number of amides is 1. The highest BCUT2D eigenvalue weighted by atomic mass is 16.5. The van der Waals surface area contributed by atoms with E-state index < -0.39 is 5.91 Å². The molecule has 0 aromatic carbocycles. The summed E-state index contributed by atoms with van der Waals surface area (Å²) in [6.07, 6.45) is 4.86. The number of allylic oxidation sites excluding steroid dienone is 3. The summed E-state index contributed by atoms with van der Waals surface area (Å²) in [6, 6.07) is 0. The Morgan fingerprint density at radius 2 is 1.80 bits per heavy atom. The van der Waals surface area contributed by atoms with Crippen LogP contribution in [0.15, 0.2) is 35.3 Å². The maximum atomic E-state index is 10.9. The van der Waals surface area contributed by atoms with Crippen LogP contribution in [0.1, 0.15) is 13.8 Å². The van der Waals surface area contributed by atoms with Gasteiger partial charge in [-0.25, -0.2) is 0 Å². The molecule has 0 fully saturated rings. The predicted molar refractivity (Wildman–Crippen MR) is 58.8 cm³/mol. The Kier molecular flexibility index (Phi) is 5.94. The highest BCUT2D eigenvalue weighted by molar-refractivity contribution is 5.94. The SMILES string of the molecule is C\C=C(/C=C(\C=C(/C)OC)OC)C(N)=O. The summed E-state index contributed by atoms with van der Waals surface area (Å²) in [5.41, 5.74) is 5.55.